The molecule has 1 aliphatic carbocycles. The molecular weight excluding hydrogens is 438 g/mol. The highest BCUT2D eigenvalue weighted by Crippen LogP contribution is 2.25. The van der Waals surface area contributed by atoms with Crippen LogP contribution in [-0.2, 0) is 28.3 Å². The lowest BCUT2D eigenvalue weighted by atomic mass is 9.89. The van der Waals surface area contributed by atoms with E-state index in [0.29, 0.717) is 18.4 Å². The van der Waals surface area contributed by atoms with Crippen LogP contribution >= 0.6 is 0 Å². The summed E-state index contributed by atoms with van der Waals surface area (Å²) in [6.07, 6.45) is 7.82. The Hall–Kier alpha value is -1.97. The Labute approximate surface area is 197 Å². The number of hydrogen-bond donors (Lipinski definition) is 0. The lowest BCUT2D eigenvalue weighted by Gasteiger charge is -2.37. The van der Waals surface area contributed by atoms with Crippen LogP contribution in [0.1, 0.15) is 44.3 Å². The largest absolute Gasteiger partial charge is 0.340 e. The lowest BCUT2D eigenvalue weighted by molar-refractivity contribution is -0.133. The third kappa shape index (κ3) is 5.41. The number of aromatic nitrogens is 2. The topological polar surface area (TPSA) is 78.8 Å². The van der Waals surface area contributed by atoms with Crippen LogP contribution in [-0.4, -0.2) is 84.8 Å². The molecule has 1 saturated heterocycles. The van der Waals surface area contributed by atoms with Crippen molar-refractivity contribution < 1.29 is 13.2 Å². The summed E-state index contributed by atoms with van der Waals surface area (Å²) in [7, 11) is 1.45. The van der Waals surface area contributed by atoms with E-state index >= 15 is 0 Å². The molecule has 1 saturated carbocycles. The SMILES string of the molecule is CN(C)S(=O)(=O)c1ccc2c(c1)nc(CCC(=O)N1CCN(CC3CCCCC3)CC1)n2C. The van der Waals surface area contributed by atoms with Gasteiger partial charge >= 0.3 is 0 Å². The zero-order valence-corrected chi connectivity index (χ0v) is 21.0. The molecule has 182 valence electrons. The molecule has 2 aromatic rings. The minimum atomic E-state index is -3.51. The van der Waals surface area contributed by atoms with Gasteiger partial charge in [-0.1, -0.05) is 19.3 Å². The third-order valence-corrected chi connectivity index (χ3v) is 9.06. The molecule has 0 unspecified atom stereocenters. The first-order valence-corrected chi connectivity index (χ1v) is 13.6. The lowest BCUT2D eigenvalue weighted by Crippen LogP contribution is -2.49. The minimum absolute atomic E-state index is 0.176. The molecule has 0 radical (unpaired) electrons. The standard InChI is InChI=1S/C24H37N5O3S/c1-26(2)33(31,32)20-9-10-22-21(17-20)25-23(27(22)3)11-12-24(30)29-15-13-28(14-16-29)18-19-7-5-4-6-8-19/h9-10,17,19H,4-8,11-16,18H2,1-3H3. The van der Waals surface area contributed by atoms with E-state index in [9.17, 15) is 13.2 Å². The number of imidazole rings is 1. The Balaban J connectivity index is 1.32. The zero-order chi connectivity index (χ0) is 23.6. The number of piperazine rings is 1. The average molecular weight is 476 g/mol. The minimum Gasteiger partial charge on any atom is -0.340 e. The number of aryl methyl sites for hydroxylation is 2. The van der Waals surface area contributed by atoms with Crippen molar-refractivity contribution in [3.8, 4) is 0 Å². The fourth-order valence-corrected chi connectivity index (χ4v) is 6.04. The van der Waals surface area contributed by atoms with Crippen LogP contribution in [0.5, 0.6) is 0 Å². The van der Waals surface area contributed by atoms with Crippen molar-refractivity contribution in [1.29, 1.82) is 0 Å². The summed E-state index contributed by atoms with van der Waals surface area (Å²) >= 11 is 0. The number of amides is 1. The van der Waals surface area contributed by atoms with E-state index < -0.39 is 10.0 Å². The van der Waals surface area contributed by atoms with Crippen LogP contribution in [0.25, 0.3) is 11.0 Å². The van der Waals surface area contributed by atoms with Gasteiger partial charge in [0.15, 0.2) is 0 Å². The maximum Gasteiger partial charge on any atom is 0.242 e. The van der Waals surface area contributed by atoms with Crippen LogP contribution in [0.15, 0.2) is 23.1 Å². The number of nitrogens with zero attached hydrogens (tertiary/aromatic N) is 5. The van der Waals surface area contributed by atoms with Gasteiger partial charge in [-0.15, -0.1) is 0 Å². The van der Waals surface area contributed by atoms with Crippen LogP contribution in [0.3, 0.4) is 0 Å². The Morgan fingerprint density at radius 3 is 2.45 bits per heavy atom. The summed E-state index contributed by atoms with van der Waals surface area (Å²) in [5.41, 5.74) is 1.51. The molecule has 0 atom stereocenters. The fourth-order valence-electron chi connectivity index (χ4n) is 5.12. The summed E-state index contributed by atoms with van der Waals surface area (Å²) in [6.45, 7) is 4.74. The van der Waals surface area contributed by atoms with E-state index in [2.05, 4.69) is 9.88 Å². The van der Waals surface area contributed by atoms with Gasteiger partial charge in [-0.25, -0.2) is 17.7 Å². The first-order valence-electron chi connectivity index (χ1n) is 12.1. The first kappa shape index (κ1) is 24.2. The summed E-state index contributed by atoms with van der Waals surface area (Å²) in [5.74, 6) is 1.82. The van der Waals surface area contributed by atoms with Gasteiger partial charge in [0.25, 0.3) is 0 Å². The molecule has 4 rings (SSSR count). The number of sulfonamides is 1. The number of fused-ring (bicyclic) bond motifs is 1. The summed E-state index contributed by atoms with van der Waals surface area (Å²) in [6, 6.07) is 5.01. The molecule has 1 amide bonds. The number of hydrogen-bond acceptors (Lipinski definition) is 5. The highest BCUT2D eigenvalue weighted by Gasteiger charge is 2.24. The van der Waals surface area contributed by atoms with Gasteiger partial charge in [0.1, 0.15) is 5.82 Å². The smallest absolute Gasteiger partial charge is 0.242 e. The van der Waals surface area contributed by atoms with Crippen LogP contribution < -0.4 is 0 Å². The molecule has 9 heteroatoms. The second-order valence-corrected chi connectivity index (χ2v) is 11.9. The normalized spacial score (nSPS) is 19.0. The van der Waals surface area contributed by atoms with Gasteiger partial charge in [-0.05, 0) is 37.0 Å². The van der Waals surface area contributed by atoms with E-state index in [0.717, 1.165) is 43.4 Å². The molecule has 2 fully saturated rings. The van der Waals surface area contributed by atoms with Gasteiger partial charge in [0.05, 0.1) is 15.9 Å². The zero-order valence-electron chi connectivity index (χ0n) is 20.2. The van der Waals surface area contributed by atoms with E-state index in [1.807, 2.05) is 16.5 Å². The Bertz CT molecular complexity index is 1080. The first-order chi connectivity index (χ1) is 15.8. The average Bonchev–Trinajstić information content (AvgIpc) is 3.13. The van der Waals surface area contributed by atoms with Crippen molar-refractivity contribution in [2.75, 3.05) is 46.8 Å². The maximum absolute atomic E-state index is 12.8. The van der Waals surface area contributed by atoms with E-state index in [4.69, 9.17) is 0 Å². The Morgan fingerprint density at radius 1 is 1.09 bits per heavy atom. The monoisotopic (exact) mass is 475 g/mol. The number of rotatable bonds is 7. The predicted molar refractivity (Wildman–Crippen MR) is 130 cm³/mol. The molecule has 0 bridgehead atoms. The molecule has 1 aromatic heterocycles. The second-order valence-electron chi connectivity index (χ2n) is 9.71. The summed E-state index contributed by atoms with van der Waals surface area (Å²) in [5, 5.41) is 0. The van der Waals surface area contributed by atoms with Gasteiger partial charge in [0, 0.05) is 66.7 Å². The number of carbonyl (C=O) groups excluding carboxylic acids is 1. The second kappa shape index (κ2) is 10.1. The molecule has 8 nitrogen and oxygen atoms in total. The van der Waals surface area contributed by atoms with Crippen LogP contribution in [0.2, 0.25) is 0 Å². The van der Waals surface area contributed by atoms with E-state index in [1.165, 1.54) is 57.0 Å². The molecular formula is C24H37N5O3S. The van der Waals surface area contributed by atoms with Crippen molar-refractivity contribution in [1.82, 2.24) is 23.7 Å². The van der Waals surface area contributed by atoms with Gasteiger partial charge < -0.3 is 9.47 Å². The molecule has 0 N–H and O–H groups in total. The van der Waals surface area contributed by atoms with E-state index in [-0.39, 0.29) is 10.8 Å². The Morgan fingerprint density at radius 2 is 1.79 bits per heavy atom. The molecule has 2 heterocycles. The third-order valence-electron chi connectivity index (χ3n) is 7.25. The van der Waals surface area contributed by atoms with Crippen molar-refractivity contribution in [3.63, 3.8) is 0 Å². The fraction of sp³-hybridized carbons (Fsp3) is 0.667. The van der Waals surface area contributed by atoms with Gasteiger partial charge in [0.2, 0.25) is 15.9 Å². The Kier molecular flexibility index (Phi) is 7.40. The highest BCUT2D eigenvalue weighted by atomic mass is 32.2. The number of benzene rings is 1. The quantitative estimate of drug-likeness (QED) is 0.615. The van der Waals surface area contributed by atoms with E-state index in [1.54, 1.807) is 18.2 Å². The van der Waals surface area contributed by atoms with Gasteiger partial charge in [-0.2, -0.15) is 0 Å². The van der Waals surface area contributed by atoms with Gasteiger partial charge in [-0.3, -0.25) is 9.69 Å². The molecule has 33 heavy (non-hydrogen) atoms. The highest BCUT2D eigenvalue weighted by molar-refractivity contribution is 7.89. The maximum atomic E-state index is 12.8. The van der Waals surface area contributed by atoms with Crippen LogP contribution in [0, 0.1) is 5.92 Å². The molecule has 1 aromatic carbocycles. The van der Waals surface area contributed by atoms with Crippen molar-refractivity contribution in [2.45, 2.75) is 49.8 Å². The summed E-state index contributed by atoms with van der Waals surface area (Å²) < 4.78 is 28.0. The summed E-state index contributed by atoms with van der Waals surface area (Å²) in [4.78, 5) is 22.2. The molecule has 0 spiro atoms. The predicted octanol–water partition coefficient (Wildman–Crippen LogP) is 2.48. The molecule has 1 aliphatic heterocycles. The molecule has 2 aliphatic rings. The van der Waals surface area contributed by atoms with Crippen LogP contribution in [0.4, 0.5) is 0 Å². The van der Waals surface area contributed by atoms with Crippen molar-refractivity contribution >= 4 is 27.0 Å². The van der Waals surface area contributed by atoms with Crippen molar-refractivity contribution in [3.05, 3.63) is 24.0 Å². The number of carbonyl (C=O) groups is 1. The van der Waals surface area contributed by atoms with Crippen molar-refractivity contribution in [2.24, 2.45) is 13.0 Å².